The first-order valence-corrected chi connectivity index (χ1v) is 9.46. The lowest BCUT2D eigenvalue weighted by Crippen LogP contribution is -2.38. The van der Waals surface area contributed by atoms with E-state index in [0.29, 0.717) is 13.2 Å². The molecule has 1 N–H and O–H groups in total. The van der Waals surface area contributed by atoms with Crippen LogP contribution < -0.4 is 10.1 Å². The van der Waals surface area contributed by atoms with E-state index in [2.05, 4.69) is 34.5 Å². The fourth-order valence-electron chi connectivity index (χ4n) is 3.51. The van der Waals surface area contributed by atoms with Gasteiger partial charge in [0.15, 0.2) is 0 Å². The smallest absolute Gasteiger partial charge is 0.234 e. The fourth-order valence-corrected chi connectivity index (χ4v) is 3.51. The Morgan fingerprint density at radius 2 is 1.92 bits per heavy atom. The molecule has 0 fully saturated rings. The zero-order chi connectivity index (χ0) is 18.2. The molecule has 1 atom stereocenters. The van der Waals surface area contributed by atoms with E-state index in [4.69, 9.17) is 4.74 Å². The number of amides is 1. The van der Waals surface area contributed by atoms with Gasteiger partial charge in [-0.2, -0.15) is 0 Å². The van der Waals surface area contributed by atoms with Crippen molar-refractivity contribution in [3.8, 4) is 5.75 Å². The maximum atomic E-state index is 12.4. The van der Waals surface area contributed by atoms with Gasteiger partial charge in [-0.25, -0.2) is 0 Å². The zero-order valence-corrected chi connectivity index (χ0v) is 15.5. The van der Waals surface area contributed by atoms with Crippen molar-refractivity contribution in [2.75, 3.05) is 26.7 Å². The lowest BCUT2D eigenvalue weighted by atomic mass is 9.88. The second-order valence-corrected chi connectivity index (χ2v) is 6.96. The number of rotatable bonds is 8. The Morgan fingerprint density at radius 3 is 2.77 bits per heavy atom. The Kier molecular flexibility index (Phi) is 6.67. The van der Waals surface area contributed by atoms with E-state index in [1.54, 1.807) is 0 Å². The molecule has 0 aromatic heterocycles. The fraction of sp³-hybridized carbons (Fsp3) is 0.409. The van der Waals surface area contributed by atoms with Gasteiger partial charge in [-0.3, -0.25) is 9.69 Å². The highest BCUT2D eigenvalue weighted by atomic mass is 16.5. The number of hydrogen-bond donors (Lipinski definition) is 1. The zero-order valence-electron chi connectivity index (χ0n) is 15.5. The monoisotopic (exact) mass is 352 g/mol. The third-order valence-corrected chi connectivity index (χ3v) is 4.81. The van der Waals surface area contributed by atoms with Gasteiger partial charge >= 0.3 is 0 Å². The first-order chi connectivity index (χ1) is 12.7. The van der Waals surface area contributed by atoms with E-state index in [1.165, 1.54) is 11.1 Å². The summed E-state index contributed by atoms with van der Waals surface area (Å²) in [6.45, 7) is 1.91. The summed E-state index contributed by atoms with van der Waals surface area (Å²) in [5.41, 5.74) is 2.65. The van der Waals surface area contributed by atoms with Crippen LogP contribution in [0.3, 0.4) is 0 Å². The van der Waals surface area contributed by atoms with E-state index < -0.39 is 0 Å². The van der Waals surface area contributed by atoms with Crippen LogP contribution in [-0.4, -0.2) is 37.6 Å². The van der Waals surface area contributed by atoms with Crippen LogP contribution in [0.5, 0.6) is 5.75 Å². The van der Waals surface area contributed by atoms with Crippen molar-refractivity contribution >= 4 is 5.91 Å². The van der Waals surface area contributed by atoms with Crippen LogP contribution in [0, 0.1) is 0 Å². The largest absolute Gasteiger partial charge is 0.494 e. The topological polar surface area (TPSA) is 41.6 Å². The molecular weight excluding hydrogens is 324 g/mol. The third kappa shape index (κ3) is 5.33. The van der Waals surface area contributed by atoms with Crippen molar-refractivity contribution in [3.63, 3.8) is 0 Å². The number of benzene rings is 2. The van der Waals surface area contributed by atoms with Gasteiger partial charge in [0.05, 0.1) is 19.2 Å². The summed E-state index contributed by atoms with van der Waals surface area (Å²) in [4.78, 5) is 14.5. The molecule has 4 nitrogen and oxygen atoms in total. The van der Waals surface area contributed by atoms with Gasteiger partial charge in [-0.15, -0.1) is 0 Å². The van der Waals surface area contributed by atoms with Gasteiger partial charge in [-0.1, -0.05) is 42.5 Å². The molecule has 0 aliphatic heterocycles. The Morgan fingerprint density at radius 1 is 1.15 bits per heavy atom. The number of aryl methyl sites for hydroxylation is 1. The first kappa shape index (κ1) is 18.5. The number of para-hydroxylation sites is 1. The number of carbonyl (C=O) groups is 1. The molecule has 0 spiro atoms. The summed E-state index contributed by atoms with van der Waals surface area (Å²) >= 11 is 0. The number of nitrogens with one attached hydrogen (secondary N) is 1. The van der Waals surface area contributed by atoms with Crippen molar-refractivity contribution in [2.45, 2.75) is 31.7 Å². The molecule has 3 rings (SSSR count). The molecule has 0 heterocycles. The lowest BCUT2D eigenvalue weighted by molar-refractivity contribution is -0.122. The van der Waals surface area contributed by atoms with Crippen LogP contribution in [0.2, 0.25) is 0 Å². The highest BCUT2D eigenvalue weighted by molar-refractivity contribution is 5.78. The average Bonchev–Trinajstić information content (AvgIpc) is 2.66. The summed E-state index contributed by atoms with van der Waals surface area (Å²) in [6, 6.07) is 18.4. The molecule has 4 heteroatoms. The van der Waals surface area contributed by atoms with Crippen LogP contribution in [0.1, 0.15) is 36.4 Å². The maximum Gasteiger partial charge on any atom is 0.234 e. The van der Waals surface area contributed by atoms with E-state index in [0.717, 1.165) is 38.0 Å². The van der Waals surface area contributed by atoms with Gasteiger partial charge in [0, 0.05) is 6.54 Å². The van der Waals surface area contributed by atoms with Gasteiger partial charge in [0.2, 0.25) is 5.91 Å². The number of fused-ring (bicyclic) bond motifs is 1. The van der Waals surface area contributed by atoms with Gasteiger partial charge in [0.1, 0.15) is 5.75 Å². The van der Waals surface area contributed by atoms with Crippen LogP contribution in [0.25, 0.3) is 0 Å². The molecule has 1 unspecified atom stereocenters. The second-order valence-electron chi connectivity index (χ2n) is 6.96. The Balaban J connectivity index is 1.38. The predicted octanol–water partition coefficient (Wildman–Crippen LogP) is 3.58. The van der Waals surface area contributed by atoms with Crippen LogP contribution >= 0.6 is 0 Å². The molecule has 138 valence electrons. The molecule has 26 heavy (non-hydrogen) atoms. The molecular formula is C22H28N2O2. The van der Waals surface area contributed by atoms with Gasteiger partial charge in [-0.05, 0) is 56.0 Å². The molecule has 0 saturated carbocycles. The van der Waals surface area contributed by atoms with Crippen LogP contribution in [0.4, 0.5) is 0 Å². The molecule has 0 bridgehead atoms. The van der Waals surface area contributed by atoms with Crippen LogP contribution in [0.15, 0.2) is 54.6 Å². The summed E-state index contributed by atoms with van der Waals surface area (Å²) in [7, 11) is 1.98. The van der Waals surface area contributed by atoms with Gasteiger partial charge in [0.25, 0.3) is 0 Å². The Hall–Kier alpha value is -2.33. The number of ether oxygens (including phenoxy) is 1. The predicted molar refractivity (Wildman–Crippen MR) is 104 cm³/mol. The summed E-state index contributed by atoms with van der Waals surface area (Å²) in [5, 5.41) is 3.21. The minimum absolute atomic E-state index is 0.0955. The normalized spacial score (nSPS) is 16.2. The van der Waals surface area contributed by atoms with Crippen molar-refractivity contribution in [2.24, 2.45) is 0 Å². The van der Waals surface area contributed by atoms with E-state index in [-0.39, 0.29) is 11.9 Å². The number of hydrogen-bond acceptors (Lipinski definition) is 3. The molecule has 1 aliphatic rings. The second kappa shape index (κ2) is 9.39. The van der Waals surface area contributed by atoms with Crippen LogP contribution in [-0.2, 0) is 11.2 Å². The SMILES string of the molecule is CN(CCCOc1ccccc1)CC(=O)NC1CCCc2ccccc21. The quantitative estimate of drug-likeness (QED) is 0.739. The van der Waals surface area contributed by atoms with Gasteiger partial charge < -0.3 is 10.1 Å². The Bertz CT molecular complexity index is 702. The maximum absolute atomic E-state index is 12.4. The third-order valence-electron chi connectivity index (χ3n) is 4.81. The molecule has 2 aromatic carbocycles. The van der Waals surface area contributed by atoms with E-state index in [1.807, 2.05) is 37.4 Å². The van der Waals surface area contributed by atoms with Crippen molar-refractivity contribution in [1.29, 1.82) is 0 Å². The minimum Gasteiger partial charge on any atom is -0.494 e. The van der Waals surface area contributed by atoms with Crippen molar-refractivity contribution in [1.82, 2.24) is 10.2 Å². The molecule has 0 radical (unpaired) electrons. The molecule has 1 amide bonds. The molecule has 1 aliphatic carbocycles. The Labute approximate surface area is 156 Å². The van der Waals surface area contributed by atoms with Crippen molar-refractivity contribution < 1.29 is 9.53 Å². The number of nitrogens with zero attached hydrogens (tertiary/aromatic N) is 1. The average molecular weight is 352 g/mol. The van der Waals surface area contributed by atoms with E-state index >= 15 is 0 Å². The highest BCUT2D eigenvalue weighted by Gasteiger charge is 2.21. The van der Waals surface area contributed by atoms with E-state index in [9.17, 15) is 4.79 Å². The lowest BCUT2D eigenvalue weighted by Gasteiger charge is -2.27. The minimum atomic E-state index is 0.0955. The highest BCUT2D eigenvalue weighted by Crippen LogP contribution is 2.29. The standard InChI is InChI=1S/C22H28N2O2/c1-24(15-8-16-26-19-11-3-2-4-12-19)17-22(25)23-21-14-7-10-18-9-5-6-13-20(18)21/h2-6,9,11-13,21H,7-8,10,14-17H2,1H3,(H,23,25). The summed E-state index contributed by atoms with van der Waals surface area (Å²) in [5.74, 6) is 0.988. The summed E-state index contributed by atoms with van der Waals surface area (Å²) < 4.78 is 5.69. The molecule has 2 aromatic rings. The first-order valence-electron chi connectivity index (χ1n) is 9.46. The number of carbonyl (C=O) groups excluding carboxylic acids is 1. The number of likely N-dealkylation sites (N-methyl/N-ethyl adjacent to an activating group) is 1. The molecule has 0 saturated heterocycles. The summed E-state index contributed by atoms with van der Waals surface area (Å²) in [6.07, 6.45) is 4.17. The van der Waals surface area contributed by atoms with Crippen molar-refractivity contribution in [3.05, 3.63) is 65.7 Å².